The molecular weight excluding hydrogens is 1770 g/mol. The van der Waals surface area contributed by atoms with E-state index in [0.29, 0.717) is 77.0 Å². The molecule has 0 saturated carbocycles. The molecule has 0 aromatic carbocycles. The highest BCUT2D eigenvalue weighted by Crippen LogP contribution is 2.52. The van der Waals surface area contributed by atoms with Crippen molar-refractivity contribution < 1.29 is 224 Å². The van der Waals surface area contributed by atoms with Gasteiger partial charge in [-0.25, -0.2) is 27.2 Å². The Balaban J connectivity index is 1.37. The van der Waals surface area contributed by atoms with Gasteiger partial charge in [0, 0.05) is 71.0 Å². The van der Waals surface area contributed by atoms with Crippen LogP contribution in [0.3, 0.4) is 0 Å². The number of amides is 1. The second-order valence-corrected chi connectivity index (χ2v) is 39.2. The van der Waals surface area contributed by atoms with E-state index in [9.17, 15) is 113 Å². The highest BCUT2D eigenvalue weighted by atomic mass is 31.2. The number of hydrogen-bond donors (Lipinski definition) is 17. The Morgan fingerprint density at radius 3 is 1.13 bits per heavy atom. The van der Waals surface area contributed by atoms with Crippen molar-refractivity contribution >= 4 is 52.6 Å². The summed E-state index contributed by atoms with van der Waals surface area (Å²) in [7, 11) is -28.3. The third-order valence-corrected chi connectivity index (χ3v) is 25.0. The third kappa shape index (κ3) is 44.2. The van der Waals surface area contributed by atoms with Crippen LogP contribution in [0.4, 0.5) is 4.39 Å². The van der Waals surface area contributed by atoms with Crippen molar-refractivity contribution in [3.05, 3.63) is 0 Å². The first kappa shape index (κ1) is 114. The molecule has 26 atom stereocenters. The van der Waals surface area contributed by atoms with Crippen LogP contribution in [0.2, 0.25) is 0 Å². The molecule has 0 aromatic rings. The zero-order chi connectivity index (χ0) is 90.8. The number of carbonyl (C=O) groups is 1. The lowest BCUT2D eigenvalue weighted by atomic mass is 9.92. The first-order valence-electron chi connectivity index (χ1n) is 40.4. The molecule has 0 bridgehead atoms. The summed E-state index contributed by atoms with van der Waals surface area (Å²) < 4.78 is 217. The predicted molar refractivity (Wildman–Crippen MR) is 417 cm³/mol. The number of alkyl halides is 1. The molecule has 4 rings (SSSR count). The fourth-order valence-electron chi connectivity index (χ4n) is 12.3. The van der Waals surface area contributed by atoms with Crippen LogP contribution >= 0.6 is 46.7 Å². The Morgan fingerprint density at radius 2 is 0.762 bits per heavy atom. The molecule has 4 fully saturated rings. The van der Waals surface area contributed by atoms with Crippen molar-refractivity contribution in [1.29, 1.82) is 0 Å². The number of aliphatic hydroxyl groups excluding tert-OH is 10. The standard InChI is InChI=1S/C68H134FNO46P6/c1-47-57(76)59(78)52(35-72)113-64(47)99-25-13-7-10-16-28-102-118(84,85)105-31-19-22-94-41-68(42-95-23-20-32-106-119(86,87)103-29-17-11-8-14-26-100-65-48(2)58(77)60(79)53(36-73)114-65,43-96-24-21-33-107-120(88,89)104-30-18-12-9-15-27-101-66-56(70-50(4)75)62(81)61(80)54(37-74)115-66)44-109-121(90,91)110-45-97-38-51(34-71)39-98-46-111-122(92,93)116-63-55(40-108-117(6,82)83)112-49(3)67(63,5)69/h47-49,51-66,71-74,76-81H,7-46H2,1-6H3,(H,70,75)(H,82,83)(H,84,85)(H,86,87)(H,88,89)(H,90,91)(H,92,93)/t47?,48?,49-,51?,52?,53?,54?,55+,56?,57+,58+,59-,60-,61-,62+,63+,64+,65+,66+,67?,68?/m0/s1. The molecular formula is C68H134FNO46P6. The molecule has 4 aliphatic rings. The maximum atomic E-state index is 15.6. The minimum Gasteiger partial charge on any atom is -0.396 e. The number of nitrogens with one attached hydrogen (secondary N) is 1. The van der Waals surface area contributed by atoms with Gasteiger partial charge in [0.05, 0.1) is 136 Å². The van der Waals surface area contributed by atoms with Gasteiger partial charge >= 0.3 is 46.7 Å². The summed E-state index contributed by atoms with van der Waals surface area (Å²) in [5.41, 5.74) is -4.04. The number of hydrogen-bond acceptors (Lipinski definition) is 40. The van der Waals surface area contributed by atoms with Crippen LogP contribution < -0.4 is 5.32 Å². The number of unbranched alkanes of at least 4 members (excludes halogenated alkanes) is 9. The quantitative estimate of drug-likeness (QED) is 0.0235. The van der Waals surface area contributed by atoms with E-state index in [-0.39, 0.29) is 78.7 Å². The molecule has 17 N–H and O–H groups in total. The van der Waals surface area contributed by atoms with Crippen LogP contribution in [0.1, 0.15) is 131 Å². The SMILES string of the molecule is CC(=O)NC1[C@H](OCCCCCCOP(=O)(O)OCCCOCC(COCCCOP(=O)(O)OCCCCCCO[C@@H]2OC(CO)[C@H](O)[C@H](O)C2C)(COCCCOP(=O)(O)OCCCCCCO[C@@H]2OC(CO)[C@H](O)[C@H](O)C2C)COP(=O)(O)OCOCC(CO)COCOP(=O)(O)O[C@@H]2[C@@H](COP(C)(=O)O)O[C@@H](C)C2(C)F)OC(CO)[C@H](O)[C@@H]1O. The molecule has 724 valence electrons. The number of rotatable bonds is 71. The molecule has 47 nitrogen and oxygen atoms in total. The van der Waals surface area contributed by atoms with Crippen molar-refractivity contribution in [3.63, 3.8) is 0 Å². The van der Waals surface area contributed by atoms with Gasteiger partial charge in [-0.3, -0.25) is 54.6 Å². The molecule has 0 radical (unpaired) electrons. The van der Waals surface area contributed by atoms with Crippen LogP contribution in [0.25, 0.3) is 0 Å². The lowest BCUT2D eigenvalue weighted by Crippen LogP contribution is -2.64. The summed E-state index contributed by atoms with van der Waals surface area (Å²) >= 11 is 0. The number of aliphatic hydroxyl groups is 10. The van der Waals surface area contributed by atoms with E-state index in [1.165, 1.54) is 13.8 Å². The third-order valence-electron chi connectivity index (χ3n) is 19.5. The van der Waals surface area contributed by atoms with E-state index >= 15 is 4.39 Å². The summed E-state index contributed by atoms with van der Waals surface area (Å²) in [5.74, 6) is -2.63. The predicted octanol–water partition coefficient (Wildman–Crippen LogP) is 1.96. The van der Waals surface area contributed by atoms with Crippen molar-refractivity contribution in [1.82, 2.24) is 5.32 Å². The second kappa shape index (κ2) is 58.3. The van der Waals surface area contributed by atoms with E-state index in [0.717, 1.165) is 13.6 Å². The minimum atomic E-state index is -5.19. The second-order valence-electron chi connectivity index (χ2n) is 30.1. The smallest absolute Gasteiger partial charge is 0.396 e. The van der Waals surface area contributed by atoms with Crippen LogP contribution in [0.15, 0.2) is 0 Å². The summed E-state index contributed by atoms with van der Waals surface area (Å²) in [6, 6.07) is -1.13. The van der Waals surface area contributed by atoms with Gasteiger partial charge in [0.25, 0.3) is 0 Å². The number of carbonyl (C=O) groups excluding carboxylic acids is 1. The van der Waals surface area contributed by atoms with Gasteiger partial charge in [-0.1, -0.05) is 52.4 Å². The van der Waals surface area contributed by atoms with Crippen LogP contribution in [0, 0.1) is 23.2 Å². The highest BCUT2D eigenvalue weighted by Gasteiger charge is 2.57. The van der Waals surface area contributed by atoms with Gasteiger partial charge < -0.3 is 147 Å². The maximum absolute atomic E-state index is 15.6. The molecule has 0 aliphatic carbocycles. The average Bonchev–Trinajstić information content (AvgIpc) is 1.60. The number of halogens is 1. The summed E-state index contributed by atoms with van der Waals surface area (Å²) in [6.45, 7) is -2.33. The average molecular weight is 1910 g/mol. The zero-order valence-corrected chi connectivity index (χ0v) is 75.1. The first-order valence-corrected chi connectivity index (χ1v) is 49.9. The van der Waals surface area contributed by atoms with E-state index in [2.05, 4.69) is 5.32 Å². The van der Waals surface area contributed by atoms with Crippen molar-refractivity contribution in [2.45, 2.75) is 235 Å². The van der Waals surface area contributed by atoms with E-state index in [1.807, 2.05) is 0 Å². The van der Waals surface area contributed by atoms with Crippen LogP contribution in [-0.2, 0) is 139 Å². The molecule has 0 spiro atoms. The van der Waals surface area contributed by atoms with E-state index in [4.69, 9.17) is 107 Å². The minimum absolute atomic E-state index is 0.0591. The zero-order valence-electron chi connectivity index (χ0n) is 69.7. The molecule has 14 unspecified atom stereocenters. The molecule has 1 amide bonds. The van der Waals surface area contributed by atoms with Gasteiger partial charge in [-0.15, -0.1) is 0 Å². The fourth-order valence-corrected chi connectivity index (χ4v) is 16.7. The molecule has 4 saturated heterocycles. The lowest BCUT2D eigenvalue weighted by Gasteiger charge is -2.42. The van der Waals surface area contributed by atoms with Gasteiger partial charge in [-0.05, 0) is 71.6 Å². The monoisotopic (exact) mass is 1910 g/mol. The molecule has 54 heteroatoms. The van der Waals surface area contributed by atoms with Crippen molar-refractivity contribution in [2.75, 3.05) is 172 Å². The molecule has 122 heavy (non-hydrogen) atoms. The maximum Gasteiger partial charge on any atom is 0.474 e. The lowest BCUT2D eigenvalue weighted by molar-refractivity contribution is -0.282. The van der Waals surface area contributed by atoms with Gasteiger partial charge in [0.15, 0.2) is 38.1 Å². The summed E-state index contributed by atoms with van der Waals surface area (Å²) in [5, 5.41) is 103. The number of phosphoric acid groups is 5. The Kier molecular flexibility index (Phi) is 54.2. The van der Waals surface area contributed by atoms with Gasteiger partial charge in [-0.2, -0.15) is 0 Å². The summed E-state index contributed by atoms with van der Waals surface area (Å²) in [6.07, 6.45) is -12.9. The Morgan fingerprint density at radius 1 is 0.418 bits per heavy atom. The molecule has 4 aliphatic heterocycles. The van der Waals surface area contributed by atoms with E-state index in [1.54, 1.807) is 13.8 Å². The van der Waals surface area contributed by atoms with Crippen molar-refractivity contribution in [3.8, 4) is 0 Å². The normalized spacial score (nSPS) is 30.9. The highest BCUT2D eigenvalue weighted by molar-refractivity contribution is 7.52. The molecule has 0 aromatic heterocycles. The first-order chi connectivity index (χ1) is 57.5. The topological polar surface area (TPSA) is 667 Å². The van der Waals surface area contributed by atoms with Gasteiger partial charge in [0.1, 0.15) is 61.0 Å². The Labute approximate surface area is 709 Å². The van der Waals surface area contributed by atoms with Crippen LogP contribution in [0.5, 0.6) is 0 Å². The fraction of sp³-hybridized carbons (Fsp3) is 0.985. The number of phosphoric ester groups is 5. The largest absolute Gasteiger partial charge is 0.474 e. The van der Waals surface area contributed by atoms with Crippen LogP contribution in [-0.4, -0.2) is 362 Å². The Bertz CT molecular complexity index is 3060. The van der Waals surface area contributed by atoms with Gasteiger partial charge in [0.2, 0.25) is 5.91 Å². The summed E-state index contributed by atoms with van der Waals surface area (Å²) in [4.78, 5) is 74.2. The van der Waals surface area contributed by atoms with Crippen molar-refractivity contribution in [2.24, 2.45) is 23.2 Å². The van der Waals surface area contributed by atoms with E-state index < -0.39 is 286 Å². The number of ether oxygens (including phenoxy) is 12. The Hall–Kier alpha value is -0.780. The molecule has 4 heterocycles.